The van der Waals surface area contributed by atoms with Crippen LogP contribution in [0.2, 0.25) is 0 Å². The highest BCUT2D eigenvalue weighted by molar-refractivity contribution is 7.91. The first-order chi connectivity index (χ1) is 15.5. The van der Waals surface area contributed by atoms with E-state index >= 15 is 0 Å². The summed E-state index contributed by atoms with van der Waals surface area (Å²) < 4.78 is 23.8. The van der Waals surface area contributed by atoms with Gasteiger partial charge in [-0.25, -0.2) is 8.42 Å². The van der Waals surface area contributed by atoms with Gasteiger partial charge in [0.15, 0.2) is 9.84 Å². The molecule has 2 aromatic carbocycles. The molecule has 3 aromatic rings. The zero-order chi connectivity index (χ0) is 22.4. The second kappa shape index (κ2) is 9.78. The number of rotatable bonds is 6. The smallest absolute Gasteiger partial charge is 0.153 e. The monoisotopic (exact) mass is 446 g/mol. The molecule has 1 aliphatic heterocycles. The molecule has 0 spiro atoms. The fourth-order valence-corrected chi connectivity index (χ4v) is 4.88. The Morgan fingerprint density at radius 3 is 2.53 bits per heavy atom. The molecule has 0 bridgehead atoms. The van der Waals surface area contributed by atoms with E-state index in [0.717, 1.165) is 27.9 Å². The van der Waals surface area contributed by atoms with Crippen molar-refractivity contribution in [1.82, 2.24) is 4.98 Å². The number of aromatic nitrogens is 1. The van der Waals surface area contributed by atoms with Crippen LogP contribution in [0.25, 0.3) is 16.8 Å². The molecule has 4 rings (SSSR count). The number of hydrogen-bond acceptors (Lipinski definition) is 6. The van der Waals surface area contributed by atoms with Gasteiger partial charge in [-0.3, -0.25) is 9.98 Å². The van der Waals surface area contributed by atoms with Gasteiger partial charge in [0.05, 0.1) is 18.1 Å². The summed E-state index contributed by atoms with van der Waals surface area (Å²) in [7, 11) is -2.97. The Bertz CT molecular complexity index is 1210. The van der Waals surface area contributed by atoms with Crippen molar-refractivity contribution in [2.75, 3.05) is 29.5 Å². The van der Waals surface area contributed by atoms with Crippen LogP contribution >= 0.6 is 0 Å². The number of allylic oxidation sites excluding steroid dienone is 1. The number of benzene rings is 2. The molecule has 1 fully saturated rings. The van der Waals surface area contributed by atoms with E-state index in [-0.39, 0.29) is 11.5 Å². The lowest BCUT2D eigenvalue weighted by Crippen LogP contribution is -2.40. The average Bonchev–Trinajstić information content (AvgIpc) is 2.83. The fraction of sp³-hybridized carbons (Fsp3) is 0.200. The molecule has 0 radical (unpaired) electrons. The third-order valence-corrected chi connectivity index (χ3v) is 7.07. The van der Waals surface area contributed by atoms with Crippen LogP contribution in [0, 0.1) is 0 Å². The minimum atomic E-state index is -2.97. The van der Waals surface area contributed by atoms with Crippen molar-refractivity contribution >= 4 is 27.4 Å². The van der Waals surface area contributed by atoms with E-state index in [1.165, 1.54) is 0 Å². The molecule has 0 unspecified atom stereocenters. The molecule has 7 heteroatoms. The van der Waals surface area contributed by atoms with Crippen LogP contribution in [0.1, 0.15) is 11.1 Å². The number of nitrogens with zero attached hydrogens (tertiary/aromatic N) is 3. The van der Waals surface area contributed by atoms with Gasteiger partial charge in [0, 0.05) is 48.6 Å². The Kier molecular flexibility index (Phi) is 6.66. The topological polar surface area (TPSA) is 88.7 Å². The maximum Gasteiger partial charge on any atom is 0.153 e. The molecule has 6 nitrogen and oxygen atoms in total. The largest absolute Gasteiger partial charge is 0.398 e. The zero-order valence-corrected chi connectivity index (χ0v) is 18.6. The average molecular weight is 447 g/mol. The van der Waals surface area contributed by atoms with Crippen LogP contribution < -0.4 is 10.6 Å². The van der Waals surface area contributed by atoms with Gasteiger partial charge >= 0.3 is 0 Å². The maximum absolute atomic E-state index is 11.9. The predicted octanol–water partition coefficient (Wildman–Crippen LogP) is 3.55. The number of sulfone groups is 1. The van der Waals surface area contributed by atoms with E-state index < -0.39 is 9.84 Å². The first kappa shape index (κ1) is 21.8. The van der Waals surface area contributed by atoms with Crippen molar-refractivity contribution in [1.29, 1.82) is 0 Å². The summed E-state index contributed by atoms with van der Waals surface area (Å²) in [6.45, 7) is 1.45. The SMILES string of the molecule is NC(=CC=NCc1cccnc1)c1cc(-c2ccccc2)ccc1N1CCS(=O)(=O)CC1. The highest BCUT2D eigenvalue weighted by Crippen LogP contribution is 2.31. The van der Waals surface area contributed by atoms with Crippen LogP contribution in [0.3, 0.4) is 0 Å². The summed E-state index contributed by atoms with van der Waals surface area (Å²) >= 11 is 0. The Morgan fingerprint density at radius 1 is 1.03 bits per heavy atom. The Morgan fingerprint density at radius 2 is 1.81 bits per heavy atom. The van der Waals surface area contributed by atoms with Gasteiger partial charge in [0.1, 0.15) is 0 Å². The number of nitrogens with two attached hydrogens (primary N) is 1. The molecule has 0 aliphatic carbocycles. The van der Waals surface area contributed by atoms with E-state index in [2.05, 4.69) is 39.1 Å². The Hall–Kier alpha value is -3.45. The second-order valence-electron chi connectivity index (χ2n) is 7.71. The molecule has 0 atom stereocenters. The van der Waals surface area contributed by atoms with Crippen molar-refractivity contribution in [3.8, 4) is 11.1 Å². The Balaban J connectivity index is 1.63. The van der Waals surface area contributed by atoms with Crippen LogP contribution in [-0.4, -0.2) is 44.2 Å². The summed E-state index contributed by atoms with van der Waals surface area (Å²) in [6, 6.07) is 20.1. The lowest BCUT2D eigenvalue weighted by atomic mass is 9.99. The van der Waals surface area contributed by atoms with Crippen molar-refractivity contribution in [2.24, 2.45) is 10.7 Å². The van der Waals surface area contributed by atoms with Crippen molar-refractivity contribution < 1.29 is 8.42 Å². The lowest BCUT2D eigenvalue weighted by molar-refractivity contribution is 0.587. The van der Waals surface area contributed by atoms with Gasteiger partial charge in [-0.1, -0.05) is 42.5 Å². The van der Waals surface area contributed by atoms with E-state index in [0.29, 0.717) is 25.3 Å². The molecule has 0 saturated carbocycles. The first-order valence-electron chi connectivity index (χ1n) is 10.5. The van der Waals surface area contributed by atoms with Crippen LogP contribution in [-0.2, 0) is 16.4 Å². The molecule has 1 aromatic heterocycles. The third kappa shape index (κ3) is 5.42. The molecule has 0 amide bonds. The summed E-state index contributed by atoms with van der Waals surface area (Å²) in [5, 5.41) is 0. The third-order valence-electron chi connectivity index (χ3n) is 5.46. The molecule has 2 N–H and O–H groups in total. The number of hydrogen-bond donors (Lipinski definition) is 1. The molecular formula is C25H26N4O2S. The van der Waals surface area contributed by atoms with Crippen molar-refractivity contribution in [3.05, 3.63) is 90.3 Å². The predicted molar refractivity (Wildman–Crippen MR) is 131 cm³/mol. The molecule has 2 heterocycles. The van der Waals surface area contributed by atoms with Gasteiger partial charge in [0.25, 0.3) is 0 Å². The quantitative estimate of drug-likeness (QED) is 0.585. The van der Waals surface area contributed by atoms with Gasteiger partial charge in [0.2, 0.25) is 0 Å². The molecule has 164 valence electrons. The Labute approximate surface area is 189 Å². The highest BCUT2D eigenvalue weighted by atomic mass is 32.2. The number of aliphatic imine (C=N–C) groups is 1. The van der Waals surface area contributed by atoms with Gasteiger partial charge < -0.3 is 10.6 Å². The van der Waals surface area contributed by atoms with E-state index in [1.54, 1.807) is 24.7 Å². The van der Waals surface area contributed by atoms with E-state index in [1.807, 2.05) is 36.4 Å². The van der Waals surface area contributed by atoms with Gasteiger partial charge in [-0.05, 0) is 41.0 Å². The summed E-state index contributed by atoms with van der Waals surface area (Å²) in [4.78, 5) is 10.6. The lowest BCUT2D eigenvalue weighted by Gasteiger charge is -2.31. The number of anilines is 1. The summed E-state index contributed by atoms with van der Waals surface area (Å²) in [5.74, 6) is 0.312. The molecular weight excluding hydrogens is 420 g/mol. The van der Waals surface area contributed by atoms with Crippen LogP contribution in [0.4, 0.5) is 5.69 Å². The molecule has 1 saturated heterocycles. The standard InChI is InChI=1S/C25H26N4O2S/c26-24(10-12-28-19-20-5-4-11-27-18-20)23-17-22(21-6-2-1-3-7-21)8-9-25(23)29-13-15-32(30,31)16-14-29/h1-12,17-18H,13-16,19,26H2. The van der Waals surface area contributed by atoms with E-state index in [9.17, 15) is 8.42 Å². The van der Waals surface area contributed by atoms with Crippen LogP contribution in [0.5, 0.6) is 0 Å². The summed E-state index contributed by atoms with van der Waals surface area (Å²) in [6.07, 6.45) is 7.03. The zero-order valence-electron chi connectivity index (χ0n) is 17.8. The maximum atomic E-state index is 11.9. The van der Waals surface area contributed by atoms with Gasteiger partial charge in [-0.2, -0.15) is 0 Å². The minimum Gasteiger partial charge on any atom is -0.398 e. The molecule has 32 heavy (non-hydrogen) atoms. The van der Waals surface area contributed by atoms with Gasteiger partial charge in [-0.15, -0.1) is 0 Å². The minimum absolute atomic E-state index is 0.156. The summed E-state index contributed by atoms with van der Waals surface area (Å²) in [5.41, 5.74) is 12.1. The van der Waals surface area contributed by atoms with E-state index in [4.69, 9.17) is 5.73 Å². The first-order valence-corrected chi connectivity index (χ1v) is 12.3. The fourth-order valence-electron chi connectivity index (χ4n) is 3.68. The highest BCUT2D eigenvalue weighted by Gasteiger charge is 2.24. The normalized spacial score (nSPS) is 16.4. The second-order valence-corrected chi connectivity index (χ2v) is 10.0. The van der Waals surface area contributed by atoms with Crippen molar-refractivity contribution in [3.63, 3.8) is 0 Å². The molecule has 1 aliphatic rings. The number of pyridine rings is 1. The van der Waals surface area contributed by atoms with Crippen molar-refractivity contribution in [2.45, 2.75) is 6.54 Å². The van der Waals surface area contributed by atoms with Crippen LogP contribution in [0.15, 0.2) is 84.1 Å².